The Bertz CT molecular complexity index is 544. The number of nitrogens with one attached hydrogen (secondary N) is 3. The maximum atomic E-state index is 11.3. The molecule has 0 amide bonds. The topological polar surface area (TPSA) is 82.6 Å². The van der Waals surface area contributed by atoms with Gasteiger partial charge >= 0.3 is 0 Å². The minimum absolute atomic E-state index is 0.0894. The van der Waals surface area contributed by atoms with Crippen LogP contribution in [-0.2, 0) is 16.4 Å². The molecule has 7 heteroatoms. The number of hydrogen-bond donors (Lipinski definition) is 3. The molecule has 0 saturated carbocycles. The van der Waals surface area contributed by atoms with Crippen molar-refractivity contribution in [2.75, 3.05) is 31.9 Å². The largest absolute Gasteiger partial charge is 0.357 e. The van der Waals surface area contributed by atoms with Gasteiger partial charge < -0.3 is 10.6 Å². The molecule has 0 atom stereocenters. The van der Waals surface area contributed by atoms with Gasteiger partial charge in [-0.1, -0.05) is 30.3 Å². The highest BCUT2D eigenvalue weighted by Crippen LogP contribution is 1.97. The number of guanidine groups is 1. The van der Waals surface area contributed by atoms with Crippen LogP contribution in [0.1, 0.15) is 19.4 Å². The summed E-state index contributed by atoms with van der Waals surface area (Å²) in [5.41, 5.74) is 1.27. The second kappa shape index (κ2) is 10.2. The zero-order chi connectivity index (χ0) is 16.3. The van der Waals surface area contributed by atoms with Crippen LogP contribution in [0.2, 0.25) is 0 Å². The third kappa shape index (κ3) is 7.99. The maximum absolute atomic E-state index is 11.3. The van der Waals surface area contributed by atoms with Crippen LogP contribution in [0.25, 0.3) is 0 Å². The van der Waals surface area contributed by atoms with Gasteiger partial charge in [0.15, 0.2) is 5.96 Å². The monoisotopic (exact) mass is 326 g/mol. The van der Waals surface area contributed by atoms with Gasteiger partial charge in [-0.25, -0.2) is 13.1 Å². The molecule has 1 aromatic rings. The van der Waals surface area contributed by atoms with Crippen molar-refractivity contribution < 1.29 is 8.42 Å². The summed E-state index contributed by atoms with van der Waals surface area (Å²) in [5.74, 6) is 0.792. The van der Waals surface area contributed by atoms with Gasteiger partial charge in [-0.05, 0) is 25.8 Å². The van der Waals surface area contributed by atoms with Crippen LogP contribution < -0.4 is 15.4 Å². The Morgan fingerprint density at radius 2 is 1.82 bits per heavy atom. The van der Waals surface area contributed by atoms with Crippen LogP contribution in [0.4, 0.5) is 0 Å². The SMILES string of the molecule is CCNC(=NCCNS(=O)(=O)CC)NCCc1ccccc1. The van der Waals surface area contributed by atoms with Gasteiger partial charge in [0, 0.05) is 19.6 Å². The molecule has 3 N–H and O–H groups in total. The number of rotatable bonds is 9. The van der Waals surface area contributed by atoms with Crippen molar-refractivity contribution in [1.29, 1.82) is 0 Å². The molecule has 0 aliphatic heterocycles. The standard InChI is InChI=1S/C15H26N4O2S/c1-3-16-15(18-12-13-19-22(20,21)4-2)17-11-10-14-8-6-5-7-9-14/h5-9,19H,3-4,10-13H2,1-2H3,(H2,16,17,18). The first-order chi connectivity index (χ1) is 10.6. The summed E-state index contributed by atoms with van der Waals surface area (Å²) in [7, 11) is -3.14. The lowest BCUT2D eigenvalue weighted by Crippen LogP contribution is -2.39. The number of nitrogens with zero attached hydrogens (tertiary/aromatic N) is 1. The number of sulfonamides is 1. The summed E-state index contributed by atoms with van der Waals surface area (Å²) >= 11 is 0. The normalized spacial score (nSPS) is 12.2. The Morgan fingerprint density at radius 1 is 1.09 bits per heavy atom. The molecule has 6 nitrogen and oxygen atoms in total. The fourth-order valence-corrected chi connectivity index (χ4v) is 2.39. The molecule has 22 heavy (non-hydrogen) atoms. The van der Waals surface area contributed by atoms with E-state index in [-0.39, 0.29) is 5.75 Å². The van der Waals surface area contributed by atoms with Gasteiger partial charge in [-0.2, -0.15) is 0 Å². The minimum Gasteiger partial charge on any atom is -0.357 e. The van der Waals surface area contributed by atoms with E-state index < -0.39 is 10.0 Å². The average molecular weight is 326 g/mol. The summed E-state index contributed by atoms with van der Waals surface area (Å²) in [4.78, 5) is 4.35. The lowest BCUT2D eigenvalue weighted by molar-refractivity contribution is 0.583. The smallest absolute Gasteiger partial charge is 0.211 e. The summed E-state index contributed by atoms with van der Waals surface area (Å²) in [5, 5.41) is 6.38. The van der Waals surface area contributed by atoms with E-state index in [0.717, 1.165) is 19.5 Å². The van der Waals surface area contributed by atoms with Crippen molar-refractivity contribution in [3.63, 3.8) is 0 Å². The first-order valence-corrected chi connectivity index (χ1v) is 9.26. The summed E-state index contributed by atoms with van der Waals surface area (Å²) in [6.07, 6.45) is 0.910. The van der Waals surface area contributed by atoms with Crippen molar-refractivity contribution in [3.8, 4) is 0 Å². The fraction of sp³-hybridized carbons (Fsp3) is 0.533. The van der Waals surface area contributed by atoms with E-state index >= 15 is 0 Å². The van der Waals surface area contributed by atoms with Gasteiger partial charge in [0.2, 0.25) is 10.0 Å². The minimum atomic E-state index is -3.14. The molecule has 0 aromatic heterocycles. The first-order valence-electron chi connectivity index (χ1n) is 7.61. The van der Waals surface area contributed by atoms with Crippen LogP contribution >= 0.6 is 0 Å². The lowest BCUT2D eigenvalue weighted by atomic mass is 10.1. The molecule has 0 saturated heterocycles. The maximum Gasteiger partial charge on any atom is 0.211 e. The molecule has 1 aromatic carbocycles. The Hall–Kier alpha value is -1.60. The highest BCUT2D eigenvalue weighted by atomic mass is 32.2. The Morgan fingerprint density at radius 3 is 2.45 bits per heavy atom. The van der Waals surface area contributed by atoms with Crippen molar-refractivity contribution in [1.82, 2.24) is 15.4 Å². The van der Waals surface area contributed by atoms with E-state index in [9.17, 15) is 8.42 Å². The van der Waals surface area contributed by atoms with E-state index in [2.05, 4.69) is 32.5 Å². The molecular formula is C15H26N4O2S. The highest BCUT2D eigenvalue weighted by molar-refractivity contribution is 7.89. The van der Waals surface area contributed by atoms with Gasteiger partial charge in [0.1, 0.15) is 0 Å². The molecule has 0 heterocycles. The summed E-state index contributed by atoms with van der Waals surface area (Å²) in [6, 6.07) is 10.2. The average Bonchev–Trinajstić information content (AvgIpc) is 2.52. The molecule has 0 bridgehead atoms. The van der Waals surface area contributed by atoms with Crippen LogP contribution in [0.3, 0.4) is 0 Å². The van der Waals surface area contributed by atoms with Gasteiger partial charge in [-0.3, -0.25) is 4.99 Å². The van der Waals surface area contributed by atoms with E-state index in [1.807, 2.05) is 25.1 Å². The van der Waals surface area contributed by atoms with Crippen molar-refractivity contribution in [2.24, 2.45) is 4.99 Å². The second-order valence-electron chi connectivity index (χ2n) is 4.72. The Balaban J connectivity index is 2.35. The van der Waals surface area contributed by atoms with E-state index in [0.29, 0.717) is 19.0 Å². The molecule has 0 radical (unpaired) electrons. The predicted molar refractivity (Wildman–Crippen MR) is 91.6 cm³/mol. The molecule has 0 aliphatic carbocycles. The number of hydrogen-bond acceptors (Lipinski definition) is 3. The van der Waals surface area contributed by atoms with Gasteiger partial charge in [0.05, 0.1) is 12.3 Å². The molecule has 0 fully saturated rings. The second-order valence-corrected chi connectivity index (χ2v) is 6.82. The molecule has 0 unspecified atom stereocenters. The van der Waals surface area contributed by atoms with Crippen LogP contribution in [-0.4, -0.2) is 46.3 Å². The fourth-order valence-electron chi connectivity index (χ4n) is 1.78. The Kier molecular flexibility index (Phi) is 8.54. The van der Waals surface area contributed by atoms with E-state index in [4.69, 9.17) is 0 Å². The molecule has 0 spiro atoms. The molecule has 0 aliphatic rings. The van der Waals surface area contributed by atoms with Crippen LogP contribution in [0, 0.1) is 0 Å². The van der Waals surface area contributed by atoms with Crippen LogP contribution in [0.15, 0.2) is 35.3 Å². The summed E-state index contributed by atoms with van der Waals surface area (Å²) in [6.45, 7) is 5.86. The van der Waals surface area contributed by atoms with Gasteiger partial charge in [0.25, 0.3) is 0 Å². The predicted octanol–water partition coefficient (Wildman–Crippen LogP) is 0.724. The number of aliphatic imine (C=N–C) groups is 1. The molecule has 1 rings (SSSR count). The third-order valence-corrected chi connectivity index (χ3v) is 4.38. The zero-order valence-electron chi connectivity index (χ0n) is 13.3. The lowest BCUT2D eigenvalue weighted by Gasteiger charge is -2.11. The number of benzene rings is 1. The van der Waals surface area contributed by atoms with Crippen molar-refractivity contribution in [3.05, 3.63) is 35.9 Å². The molecular weight excluding hydrogens is 300 g/mol. The first kappa shape index (κ1) is 18.4. The Labute approximate surface area is 133 Å². The van der Waals surface area contributed by atoms with Crippen molar-refractivity contribution in [2.45, 2.75) is 20.3 Å². The quantitative estimate of drug-likeness (QED) is 0.355. The van der Waals surface area contributed by atoms with Crippen molar-refractivity contribution >= 4 is 16.0 Å². The van der Waals surface area contributed by atoms with Crippen LogP contribution in [0.5, 0.6) is 0 Å². The van der Waals surface area contributed by atoms with Gasteiger partial charge in [-0.15, -0.1) is 0 Å². The molecule has 124 valence electrons. The highest BCUT2D eigenvalue weighted by Gasteiger charge is 2.04. The zero-order valence-corrected chi connectivity index (χ0v) is 14.1. The third-order valence-electron chi connectivity index (χ3n) is 2.98. The summed E-state index contributed by atoms with van der Waals surface area (Å²) < 4.78 is 25.1. The van der Waals surface area contributed by atoms with E-state index in [1.54, 1.807) is 6.92 Å². The van der Waals surface area contributed by atoms with E-state index in [1.165, 1.54) is 5.56 Å².